The molecule has 0 heterocycles. The molecule has 3 heteroatoms. The van der Waals surface area contributed by atoms with Crippen molar-refractivity contribution >= 4 is 5.69 Å². The van der Waals surface area contributed by atoms with Gasteiger partial charge in [0.2, 0.25) is 0 Å². The van der Waals surface area contributed by atoms with Crippen LogP contribution in [0.4, 0.5) is 10.1 Å². The Bertz CT molecular complexity index is 398. The van der Waals surface area contributed by atoms with E-state index in [0.29, 0.717) is 11.6 Å². The molecule has 0 aromatic heterocycles. The zero-order valence-electron chi connectivity index (χ0n) is 12.1. The van der Waals surface area contributed by atoms with Crippen molar-refractivity contribution in [2.45, 2.75) is 52.6 Å². The van der Waals surface area contributed by atoms with Crippen molar-refractivity contribution < 1.29 is 4.39 Å². The lowest BCUT2D eigenvalue weighted by Gasteiger charge is -2.31. The Hall–Kier alpha value is -1.09. The van der Waals surface area contributed by atoms with Crippen molar-refractivity contribution in [1.82, 2.24) is 0 Å². The molecule has 0 saturated heterocycles. The largest absolute Gasteiger partial charge is 0.371 e. The molecule has 102 valence electrons. The van der Waals surface area contributed by atoms with E-state index in [0.717, 1.165) is 24.1 Å². The molecule has 0 bridgehead atoms. The van der Waals surface area contributed by atoms with Crippen molar-refractivity contribution in [3.8, 4) is 0 Å². The molecule has 0 saturated carbocycles. The highest BCUT2D eigenvalue weighted by molar-refractivity contribution is 5.57. The van der Waals surface area contributed by atoms with Gasteiger partial charge in [-0.15, -0.1) is 0 Å². The predicted molar refractivity (Wildman–Crippen MR) is 76.5 cm³/mol. The molecular weight excluding hydrogens is 227 g/mol. The van der Waals surface area contributed by atoms with Gasteiger partial charge in [-0.25, -0.2) is 4.39 Å². The number of nitrogens with zero attached hydrogens (tertiary/aromatic N) is 1. The minimum atomic E-state index is -0.177. The van der Waals surface area contributed by atoms with Gasteiger partial charge in [0.1, 0.15) is 5.82 Å². The van der Waals surface area contributed by atoms with Crippen LogP contribution in [-0.4, -0.2) is 13.1 Å². The second-order valence-corrected chi connectivity index (χ2v) is 5.03. The van der Waals surface area contributed by atoms with E-state index in [2.05, 4.69) is 25.8 Å². The molecule has 2 nitrogen and oxygen atoms in total. The summed E-state index contributed by atoms with van der Waals surface area (Å²) in [5.74, 6) is -0.177. The Morgan fingerprint density at radius 2 is 1.83 bits per heavy atom. The fourth-order valence-electron chi connectivity index (χ4n) is 2.38. The first-order chi connectivity index (χ1) is 8.42. The van der Waals surface area contributed by atoms with E-state index < -0.39 is 0 Å². The Labute approximate surface area is 110 Å². The van der Waals surface area contributed by atoms with Crippen LogP contribution in [0.3, 0.4) is 0 Å². The van der Waals surface area contributed by atoms with Gasteiger partial charge in [0, 0.05) is 24.8 Å². The maximum atomic E-state index is 13.7. The number of hydrogen-bond donors (Lipinski definition) is 1. The van der Waals surface area contributed by atoms with Crippen molar-refractivity contribution in [3.05, 3.63) is 29.1 Å². The molecule has 0 aliphatic rings. The van der Waals surface area contributed by atoms with Crippen molar-refractivity contribution in [2.24, 2.45) is 5.73 Å². The molecule has 0 unspecified atom stereocenters. The fraction of sp³-hybridized carbons (Fsp3) is 0.600. The number of halogens is 1. The molecule has 0 spiro atoms. The van der Waals surface area contributed by atoms with Gasteiger partial charge in [0.15, 0.2) is 0 Å². The molecule has 1 aromatic carbocycles. The number of rotatable bonds is 5. The van der Waals surface area contributed by atoms with Crippen LogP contribution in [0.15, 0.2) is 12.1 Å². The highest BCUT2D eigenvalue weighted by atomic mass is 19.1. The molecule has 1 aromatic rings. The highest BCUT2D eigenvalue weighted by Crippen LogP contribution is 2.29. The van der Waals surface area contributed by atoms with E-state index in [-0.39, 0.29) is 11.9 Å². The van der Waals surface area contributed by atoms with Gasteiger partial charge in [-0.05, 0) is 49.9 Å². The van der Waals surface area contributed by atoms with Crippen molar-refractivity contribution in [3.63, 3.8) is 0 Å². The summed E-state index contributed by atoms with van der Waals surface area (Å²) in [5.41, 5.74) is 8.57. The van der Waals surface area contributed by atoms with Crippen LogP contribution >= 0.6 is 0 Å². The van der Waals surface area contributed by atoms with E-state index in [4.69, 9.17) is 5.73 Å². The Morgan fingerprint density at radius 3 is 2.28 bits per heavy atom. The third-order valence-electron chi connectivity index (χ3n) is 3.67. The molecule has 0 aliphatic carbocycles. The average Bonchev–Trinajstić information content (AvgIpc) is 2.33. The molecule has 18 heavy (non-hydrogen) atoms. The van der Waals surface area contributed by atoms with Crippen molar-refractivity contribution in [1.29, 1.82) is 0 Å². The Morgan fingerprint density at radius 1 is 1.28 bits per heavy atom. The minimum absolute atomic E-state index is 0.160. The van der Waals surface area contributed by atoms with E-state index >= 15 is 0 Å². The molecule has 0 aliphatic heterocycles. The number of benzene rings is 1. The number of hydrogen-bond acceptors (Lipinski definition) is 2. The van der Waals surface area contributed by atoms with Crippen molar-refractivity contribution in [2.75, 3.05) is 11.9 Å². The van der Waals surface area contributed by atoms with Crippen LogP contribution < -0.4 is 10.6 Å². The van der Waals surface area contributed by atoms with E-state index in [1.165, 1.54) is 0 Å². The molecule has 1 rings (SSSR count). The van der Waals surface area contributed by atoms with Gasteiger partial charge in [-0.1, -0.05) is 13.8 Å². The SMILES string of the molecule is CCC(CC)N(C)c1cc(C)c(F)cc1[C@@H](C)N. The molecular formula is C15H25FN2. The maximum Gasteiger partial charge on any atom is 0.126 e. The summed E-state index contributed by atoms with van der Waals surface area (Å²) in [6.45, 7) is 8.04. The number of anilines is 1. The summed E-state index contributed by atoms with van der Waals surface area (Å²) < 4.78 is 13.7. The van der Waals surface area contributed by atoms with Crippen LogP contribution in [-0.2, 0) is 0 Å². The van der Waals surface area contributed by atoms with Crippen LogP contribution in [0.25, 0.3) is 0 Å². The second-order valence-electron chi connectivity index (χ2n) is 5.03. The smallest absolute Gasteiger partial charge is 0.126 e. The molecule has 0 amide bonds. The first-order valence-electron chi connectivity index (χ1n) is 6.70. The zero-order valence-corrected chi connectivity index (χ0v) is 12.1. The summed E-state index contributed by atoms with van der Waals surface area (Å²) in [4.78, 5) is 2.23. The van der Waals surface area contributed by atoms with Gasteiger partial charge >= 0.3 is 0 Å². The normalized spacial score (nSPS) is 12.9. The minimum Gasteiger partial charge on any atom is -0.371 e. The monoisotopic (exact) mass is 252 g/mol. The van der Waals surface area contributed by atoms with Crippen LogP contribution in [0, 0.1) is 12.7 Å². The van der Waals surface area contributed by atoms with Crippen LogP contribution in [0.2, 0.25) is 0 Å². The lowest BCUT2D eigenvalue weighted by molar-refractivity contribution is 0.582. The van der Waals surface area contributed by atoms with E-state index in [1.54, 1.807) is 13.0 Å². The third kappa shape index (κ3) is 3.02. The number of nitrogens with two attached hydrogens (primary N) is 1. The Balaban J connectivity index is 3.25. The summed E-state index contributed by atoms with van der Waals surface area (Å²) in [7, 11) is 2.07. The molecule has 2 N–H and O–H groups in total. The average molecular weight is 252 g/mol. The van der Waals surface area contributed by atoms with Gasteiger partial charge in [-0.2, -0.15) is 0 Å². The zero-order chi connectivity index (χ0) is 13.9. The number of aryl methyl sites for hydroxylation is 1. The topological polar surface area (TPSA) is 29.3 Å². The van der Waals surface area contributed by atoms with Gasteiger partial charge < -0.3 is 10.6 Å². The molecule has 1 atom stereocenters. The lowest BCUT2D eigenvalue weighted by Crippen LogP contribution is -2.32. The summed E-state index contributed by atoms with van der Waals surface area (Å²) >= 11 is 0. The highest BCUT2D eigenvalue weighted by Gasteiger charge is 2.18. The maximum absolute atomic E-state index is 13.7. The second kappa shape index (κ2) is 6.19. The predicted octanol–water partition coefficient (Wildman–Crippen LogP) is 3.78. The quantitative estimate of drug-likeness (QED) is 0.864. The lowest BCUT2D eigenvalue weighted by atomic mass is 10.0. The summed E-state index contributed by atoms with van der Waals surface area (Å²) in [5, 5.41) is 0. The van der Waals surface area contributed by atoms with Gasteiger partial charge in [0.05, 0.1) is 0 Å². The first kappa shape index (κ1) is 15.0. The van der Waals surface area contributed by atoms with Crippen LogP contribution in [0.1, 0.15) is 50.8 Å². The summed E-state index contributed by atoms with van der Waals surface area (Å²) in [6, 6.07) is 3.79. The molecule has 0 fully saturated rings. The van der Waals surface area contributed by atoms with E-state index in [1.807, 2.05) is 13.0 Å². The van der Waals surface area contributed by atoms with E-state index in [9.17, 15) is 4.39 Å². The standard InChI is InChI=1S/C15H25FN2/c1-6-12(7-2)18(5)15-8-10(3)14(16)9-13(15)11(4)17/h8-9,11-12H,6-7,17H2,1-5H3/t11-/m1/s1. The summed E-state index contributed by atoms with van der Waals surface area (Å²) in [6.07, 6.45) is 2.14. The first-order valence-corrected chi connectivity index (χ1v) is 6.70. The molecule has 0 radical (unpaired) electrons. The van der Waals surface area contributed by atoms with Gasteiger partial charge in [-0.3, -0.25) is 0 Å². The Kier molecular flexibility index (Phi) is 5.15. The van der Waals surface area contributed by atoms with Crippen LogP contribution in [0.5, 0.6) is 0 Å². The fourth-order valence-corrected chi connectivity index (χ4v) is 2.38. The van der Waals surface area contributed by atoms with Gasteiger partial charge in [0.25, 0.3) is 0 Å². The third-order valence-corrected chi connectivity index (χ3v) is 3.67.